The summed E-state index contributed by atoms with van der Waals surface area (Å²) in [7, 11) is 0. The number of phenolic OH excluding ortho intramolecular Hbond substituents is 1. The molecule has 9 heteroatoms. The number of nitrogens with zero attached hydrogens (tertiary/aromatic N) is 4. The number of piperidine rings is 2. The van der Waals surface area contributed by atoms with Crippen LogP contribution in [-0.4, -0.2) is 84.5 Å². The normalized spacial score (nSPS) is 26.6. The van der Waals surface area contributed by atoms with Crippen molar-refractivity contribution in [1.82, 2.24) is 15.1 Å². The largest absolute Gasteiger partial charge is 0.508 e. The van der Waals surface area contributed by atoms with Crippen LogP contribution in [0.15, 0.2) is 91.0 Å². The lowest BCUT2D eigenvalue weighted by Gasteiger charge is -2.37. The average Bonchev–Trinajstić information content (AvgIpc) is 3.94. The van der Waals surface area contributed by atoms with Crippen LogP contribution in [0, 0.1) is 11.3 Å². The SMILES string of the molecule is O=C1CCC(N2Cc3cc(N4CCC5(CCN(CC6CCN(c7ccc([C@@H]8c9ccc(O)cc9CC[C@@H]8c8ccccc8)cc7)CC6)C5)C4)ccc3C2=O)C(=O)N1. The van der Waals surface area contributed by atoms with Gasteiger partial charge >= 0.3 is 0 Å². The van der Waals surface area contributed by atoms with Gasteiger partial charge in [0.05, 0.1) is 0 Å². The highest BCUT2D eigenvalue weighted by Gasteiger charge is 2.45. The first-order chi connectivity index (χ1) is 27.8. The molecule has 2 unspecified atom stereocenters. The van der Waals surface area contributed by atoms with Crippen LogP contribution in [-0.2, 0) is 22.6 Å². The Labute approximate surface area is 335 Å². The number of aryl methyl sites for hydroxylation is 1. The fraction of sp³-hybridized carbons (Fsp3) is 0.438. The van der Waals surface area contributed by atoms with E-state index in [1.807, 2.05) is 18.2 Å². The molecule has 5 aliphatic heterocycles. The predicted octanol–water partition coefficient (Wildman–Crippen LogP) is 6.83. The molecule has 10 rings (SSSR count). The molecule has 4 fully saturated rings. The number of carbonyl (C=O) groups excluding carboxylic acids is 3. The van der Waals surface area contributed by atoms with Crippen LogP contribution in [0.5, 0.6) is 5.75 Å². The van der Waals surface area contributed by atoms with E-state index in [4.69, 9.17) is 0 Å². The fourth-order valence-electron chi connectivity index (χ4n) is 11.3. The molecule has 0 saturated carbocycles. The molecule has 0 radical (unpaired) electrons. The molecule has 4 saturated heterocycles. The highest BCUT2D eigenvalue weighted by Crippen LogP contribution is 2.47. The van der Waals surface area contributed by atoms with Crippen LogP contribution >= 0.6 is 0 Å². The number of aromatic hydroxyl groups is 1. The van der Waals surface area contributed by atoms with Gasteiger partial charge in [-0.1, -0.05) is 48.5 Å². The van der Waals surface area contributed by atoms with Gasteiger partial charge in [-0.3, -0.25) is 19.7 Å². The molecule has 4 aromatic rings. The number of amides is 3. The molecule has 294 valence electrons. The van der Waals surface area contributed by atoms with Crippen molar-refractivity contribution in [1.29, 1.82) is 0 Å². The summed E-state index contributed by atoms with van der Waals surface area (Å²) in [6.45, 7) is 8.19. The summed E-state index contributed by atoms with van der Waals surface area (Å²) in [6.07, 6.45) is 7.58. The molecule has 3 amide bonds. The van der Waals surface area contributed by atoms with Crippen LogP contribution in [0.4, 0.5) is 11.4 Å². The van der Waals surface area contributed by atoms with Gasteiger partial charge in [0.2, 0.25) is 11.8 Å². The van der Waals surface area contributed by atoms with Crippen molar-refractivity contribution >= 4 is 29.1 Å². The van der Waals surface area contributed by atoms with Crippen molar-refractivity contribution in [3.8, 4) is 5.75 Å². The van der Waals surface area contributed by atoms with Gasteiger partial charge in [-0.2, -0.15) is 0 Å². The summed E-state index contributed by atoms with van der Waals surface area (Å²) in [5, 5.41) is 12.7. The third-order valence-corrected chi connectivity index (χ3v) is 14.4. The number of benzene rings is 4. The molecule has 5 heterocycles. The van der Waals surface area contributed by atoms with E-state index in [9.17, 15) is 19.5 Å². The summed E-state index contributed by atoms with van der Waals surface area (Å²) >= 11 is 0. The lowest BCUT2D eigenvalue weighted by molar-refractivity contribution is -0.136. The number of hydrogen-bond acceptors (Lipinski definition) is 7. The van der Waals surface area contributed by atoms with Crippen LogP contribution in [0.2, 0.25) is 0 Å². The lowest BCUT2D eigenvalue weighted by Crippen LogP contribution is -2.52. The van der Waals surface area contributed by atoms with E-state index < -0.39 is 6.04 Å². The van der Waals surface area contributed by atoms with Crippen molar-refractivity contribution in [3.05, 3.63) is 124 Å². The topological polar surface area (TPSA) is 96.4 Å². The summed E-state index contributed by atoms with van der Waals surface area (Å²) < 4.78 is 0. The zero-order valence-corrected chi connectivity index (χ0v) is 32.7. The molecule has 57 heavy (non-hydrogen) atoms. The van der Waals surface area contributed by atoms with Gasteiger partial charge in [-0.05, 0) is 134 Å². The number of phenols is 1. The van der Waals surface area contributed by atoms with Crippen LogP contribution < -0.4 is 15.1 Å². The minimum absolute atomic E-state index is 0.111. The Morgan fingerprint density at radius 2 is 1.49 bits per heavy atom. The average molecular weight is 764 g/mol. The Bertz CT molecular complexity index is 2180. The zero-order valence-electron chi connectivity index (χ0n) is 32.7. The van der Waals surface area contributed by atoms with Crippen molar-refractivity contribution in [2.24, 2.45) is 11.3 Å². The smallest absolute Gasteiger partial charge is 0.255 e. The predicted molar refractivity (Wildman–Crippen MR) is 222 cm³/mol. The second kappa shape index (κ2) is 14.7. The van der Waals surface area contributed by atoms with E-state index in [1.54, 1.807) is 4.90 Å². The van der Waals surface area contributed by atoms with Gasteiger partial charge in [0, 0.05) is 80.5 Å². The maximum atomic E-state index is 13.2. The molecule has 0 aromatic heterocycles. The molecule has 4 aromatic carbocycles. The van der Waals surface area contributed by atoms with Gasteiger partial charge < -0.3 is 24.7 Å². The standard InChI is InChI=1S/C48H53N5O4/c54-39-12-15-41-35(27-39)8-13-40(33-4-2-1-3-5-33)45(41)34-6-9-37(10-7-34)51-22-18-32(19-23-51)28-50-24-20-48(30-50)21-25-52(31-48)38-11-14-42-36(26-38)29-53(47(42)57)43-16-17-44(55)49-46(43)56/h1-7,9-12,14-15,26-27,32,40,43,45,54H,8,13,16-25,28-31H2,(H,49,55,56)/t40-,43?,45+,48?/m1/s1. The van der Waals surface area contributed by atoms with Gasteiger partial charge in [0.15, 0.2) is 0 Å². The highest BCUT2D eigenvalue weighted by molar-refractivity contribution is 6.05. The first kappa shape index (κ1) is 36.2. The minimum atomic E-state index is -0.582. The van der Waals surface area contributed by atoms with Crippen LogP contribution in [0.25, 0.3) is 0 Å². The number of likely N-dealkylation sites (tertiary alicyclic amines) is 1. The van der Waals surface area contributed by atoms with E-state index in [1.165, 1.54) is 72.4 Å². The first-order valence-electron chi connectivity index (χ1n) is 21.3. The monoisotopic (exact) mass is 763 g/mol. The second-order valence-corrected chi connectivity index (χ2v) is 17.8. The van der Waals surface area contributed by atoms with Crippen LogP contribution in [0.3, 0.4) is 0 Å². The van der Waals surface area contributed by atoms with Crippen molar-refractivity contribution < 1.29 is 19.5 Å². The maximum Gasteiger partial charge on any atom is 0.255 e. The number of nitrogens with one attached hydrogen (secondary N) is 1. The van der Waals surface area contributed by atoms with Gasteiger partial charge in [0.1, 0.15) is 11.8 Å². The van der Waals surface area contributed by atoms with E-state index in [-0.39, 0.29) is 30.1 Å². The third kappa shape index (κ3) is 6.88. The first-order valence-corrected chi connectivity index (χ1v) is 21.3. The Kier molecular flexibility index (Phi) is 9.31. The Hall–Kier alpha value is -5.15. The maximum absolute atomic E-state index is 13.2. The van der Waals surface area contributed by atoms with Crippen molar-refractivity contribution in [3.63, 3.8) is 0 Å². The van der Waals surface area contributed by atoms with Gasteiger partial charge in [0.25, 0.3) is 5.91 Å². The Balaban J connectivity index is 0.736. The van der Waals surface area contributed by atoms with Gasteiger partial charge in [-0.25, -0.2) is 0 Å². The molecule has 1 aliphatic carbocycles. The third-order valence-electron chi connectivity index (χ3n) is 14.4. The molecule has 2 N–H and O–H groups in total. The Morgan fingerprint density at radius 1 is 0.702 bits per heavy atom. The zero-order chi connectivity index (χ0) is 38.7. The number of rotatable bonds is 7. The molecular weight excluding hydrogens is 711 g/mol. The molecule has 1 spiro atoms. The molecule has 0 bridgehead atoms. The summed E-state index contributed by atoms with van der Waals surface area (Å²) in [5.41, 5.74) is 9.82. The van der Waals surface area contributed by atoms with Crippen molar-refractivity contribution in [2.75, 3.05) is 55.6 Å². The Morgan fingerprint density at radius 3 is 2.30 bits per heavy atom. The fourth-order valence-corrected chi connectivity index (χ4v) is 11.3. The summed E-state index contributed by atoms with van der Waals surface area (Å²) in [5.74, 6) is 1.02. The van der Waals surface area contributed by atoms with E-state index >= 15 is 0 Å². The number of carbonyl (C=O) groups is 3. The van der Waals surface area contributed by atoms with Gasteiger partial charge in [-0.15, -0.1) is 0 Å². The molecular formula is C48H53N5O4. The summed E-state index contributed by atoms with van der Waals surface area (Å²) in [4.78, 5) is 46.9. The summed E-state index contributed by atoms with van der Waals surface area (Å²) in [6, 6.07) is 31.9. The number of hydrogen-bond donors (Lipinski definition) is 2. The number of imide groups is 1. The number of fused-ring (bicyclic) bond motifs is 2. The highest BCUT2D eigenvalue weighted by atomic mass is 16.3. The molecule has 9 nitrogen and oxygen atoms in total. The number of anilines is 2. The van der Waals surface area contributed by atoms with E-state index in [0.717, 1.165) is 57.0 Å². The molecule has 4 atom stereocenters. The van der Waals surface area contributed by atoms with E-state index in [0.29, 0.717) is 35.6 Å². The molecule has 6 aliphatic rings. The quantitative estimate of drug-likeness (QED) is 0.199. The lowest BCUT2D eigenvalue weighted by atomic mass is 9.69. The van der Waals surface area contributed by atoms with E-state index in [2.05, 4.69) is 92.8 Å². The van der Waals surface area contributed by atoms with Crippen molar-refractivity contribution in [2.45, 2.75) is 75.8 Å². The second-order valence-electron chi connectivity index (χ2n) is 17.8. The minimum Gasteiger partial charge on any atom is -0.508 e. The van der Waals surface area contributed by atoms with Crippen LogP contribution in [0.1, 0.15) is 95.0 Å².